The number of hydrogen-bond acceptors (Lipinski definition) is 4. The molecule has 0 unspecified atom stereocenters. The third kappa shape index (κ3) is 4.97. The van der Waals surface area contributed by atoms with Crippen LogP contribution in [0.15, 0.2) is 60.8 Å². The molecule has 0 bridgehead atoms. The van der Waals surface area contributed by atoms with E-state index in [1.807, 2.05) is 18.2 Å². The topological polar surface area (TPSA) is 49.8 Å². The Balaban J connectivity index is 1.53. The van der Waals surface area contributed by atoms with Crippen LogP contribution in [0.4, 0.5) is 26.2 Å². The average Bonchev–Trinajstić information content (AvgIpc) is 2.63. The molecule has 2 N–H and O–H groups in total. The molecule has 0 saturated heterocycles. The Hall–Kier alpha value is -3.02. The molecule has 4 nitrogen and oxygen atoms in total. The molecule has 1 aromatic heterocycles. The Bertz CT molecular complexity index is 825. The van der Waals surface area contributed by atoms with Gasteiger partial charge in [0.05, 0.1) is 0 Å². The Morgan fingerprint density at radius 3 is 2.56 bits per heavy atom. The van der Waals surface area contributed by atoms with Gasteiger partial charge in [0.2, 0.25) is 5.95 Å². The van der Waals surface area contributed by atoms with Gasteiger partial charge in [0.1, 0.15) is 5.82 Å². The summed E-state index contributed by atoms with van der Waals surface area (Å²) in [7, 11) is 0. The van der Waals surface area contributed by atoms with Crippen molar-refractivity contribution in [1.29, 1.82) is 0 Å². The molecule has 0 saturated carbocycles. The first-order chi connectivity index (χ1) is 12.2. The summed E-state index contributed by atoms with van der Waals surface area (Å²) in [6, 6.07) is 15.5. The second-order valence-corrected chi connectivity index (χ2v) is 5.54. The molecule has 6 heteroatoms. The van der Waals surface area contributed by atoms with Crippen LogP contribution in [0.5, 0.6) is 0 Å². The van der Waals surface area contributed by atoms with E-state index in [2.05, 4.69) is 32.7 Å². The van der Waals surface area contributed by atoms with Gasteiger partial charge in [-0.25, -0.2) is 13.8 Å². The SMILES string of the molecule is Fc1ccc(Nc2ccnc(NCCCc3ccccc3)n2)cc1F. The Morgan fingerprint density at radius 2 is 1.76 bits per heavy atom. The molecule has 0 atom stereocenters. The fourth-order valence-corrected chi connectivity index (χ4v) is 2.37. The highest BCUT2D eigenvalue weighted by Crippen LogP contribution is 2.18. The van der Waals surface area contributed by atoms with Crippen LogP contribution in [-0.2, 0) is 6.42 Å². The summed E-state index contributed by atoms with van der Waals surface area (Å²) in [5.74, 6) is -0.792. The lowest BCUT2D eigenvalue weighted by Gasteiger charge is -2.09. The number of anilines is 3. The largest absolute Gasteiger partial charge is 0.354 e. The van der Waals surface area contributed by atoms with E-state index in [9.17, 15) is 8.78 Å². The number of aryl methyl sites for hydroxylation is 1. The van der Waals surface area contributed by atoms with Crippen molar-refractivity contribution in [2.24, 2.45) is 0 Å². The van der Waals surface area contributed by atoms with Gasteiger partial charge < -0.3 is 10.6 Å². The van der Waals surface area contributed by atoms with Crippen molar-refractivity contribution in [2.75, 3.05) is 17.2 Å². The Morgan fingerprint density at radius 1 is 0.920 bits per heavy atom. The second kappa shape index (κ2) is 8.19. The maximum absolute atomic E-state index is 13.2. The highest BCUT2D eigenvalue weighted by molar-refractivity contribution is 5.56. The molecule has 3 aromatic rings. The third-order valence-electron chi connectivity index (χ3n) is 3.62. The Labute approximate surface area is 145 Å². The van der Waals surface area contributed by atoms with Crippen LogP contribution in [-0.4, -0.2) is 16.5 Å². The van der Waals surface area contributed by atoms with Gasteiger partial charge in [-0.3, -0.25) is 0 Å². The molecule has 0 spiro atoms. The number of nitrogens with zero attached hydrogens (tertiary/aromatic N) is 2. The lowest BCUT2D eigenvalue weighted by atomic mass is 10.1. The molecule has 0 aliphatic rings. The fraction of sp³-hybridized carbons (Fsp3) is 0.158. The van der Waals surface area contributed by atoms with Gasteiger partial charge in [-0.05, 0) is 36.6 Å². The summed E-state index contributed by atoms with van der Waals surface area (Å²) >= 11 is 0. The van der Waals surface area contributed by atoms with Crippen LogP contribution in [0.1, 0.15) is 12.0 Å². The lowest BCUT2D eigenvalue weighted by Crippen LogP contribution is -2.07. The lowest BCUT2D eigenvalue weighted by molar-refractivity contribution is 0.509. The fourth-order valence-electron chi connectivity index (χ4n) is 2.37. The smallest absolute Gasteiger partial charge is 0.224 e. The molecule has 1 heterocycles. The van der Waals surface area contributed by atoms with Gasteiger partial charge in [0.25, 0.3) is 0 Å². The van der Waals surface area contributed by atoms with Gasteiger partial charge in [0.15, 0.2) is 11.6 Å². The minimum atomic E-state index is -0.904. The summed E-state index contributed by atoms with van der Waals surface area (Å²) in [5.41, 5.74) is 1.71. The van der Waals surface area contributed by atoms with E-state index in [4.69, 9.17) is 0 Å². The minimum Gasteiger partial charge on any atom is -0.354 e. The van der Waals surface area contributed by atoms with Crippen LogP contribution < -0.4 is 10.6 Å². The van der Waals surface area contributed by atoms with Crippen LogP contribution in [0, 0.1) is 11.6 Å². The van der Waals surface area contributed by atoms with E-state index in [1.165, 1.54) is 11.6 Å². The maximum Gasteiger partial charge on any atom is 0.224 e. The van der Waals surface area contributed by atoms with Crippen molar-refractivity contribution in [1.82, 2.24) is 9.97 Å². The summed E-state index contributed by atoms with van der Waals surface area (Å²) in [4.78, 5) is 8.48. The monoisotopic (exact) mass is 340 g/mol. The summed E-state index contributed by atoms with van der Waals surface area (Å²) in [6.07, 6.45) is 3.53. The van der Waals surface area contributed by atoms with E-state index in [0.717, 1.165) is 31.5 Å². The van der Waals surface area contributed by atoms with Gasteiger partial charge in [-0.2, -0.15) is 4.98 Å². The van der Waals surface area contributed by atoms with Crippen molar-refractivity contribution in [2.45, 2.75) is 12.8 Å². The first kappa shape index (κ1) is 16.8. The van der Waals surface area contributed by atoms with E-state index >= 15 is 0 Å². The number of benzene rings is 2. The van der Waals surface area contributed by atoms with Gasteiger partial charge in [-0.15, -0.1) is 0 Å². The molecule has 128 valence electrons. The molecule has 0 fully saturated rings. The van der Waals surface area contributed by atoms with Crippen molar-refractivity contribution in [3.63, 3.8) is 0 Å². The number of hydrogen-bond donors (Lipinski definition) is 2. The quantitative estimate of drug-likeness (QED) is 0.620. The predicted molar refractivity (Wildman–Crippen MR) is 94.9 cm³/mol. The van der Waals surface area contributed by atoms with Crippen molar-refractivity contribution in [3.05, 3.63) is 78.0 Å². The van der Waals surface area contributed by atoms with Gasteiger partial charge >= 0.3 is 0 Å². The molecule has 0 aliphatic heterocycles. The highest BCUT2D eigenvalue weighted by atomic mass is 19.2. The van der Waals surface area contributed by atoms with Crippen molar-refractivity contribution in [3.8, 4) is 0 Å². The molecule has 0 radical (unpaired) electrons. The predicted octanol–water partition coefficient (Wildman–Crippen LogP) is 4.54. The molecule has 2 aromatic carbocycles. The number of aromatic nitrogens is 2. The molecule has 0 aliphatic carbocycles. The third-order valence-corrected chi connectivity index (χ3v) is 3.62. The maximum atomic E-state index is 13.2. The van der Waals surface area contributed by atoms with Crippen LogP contribution in [0.3, 0.4) is 0 Å². The van der Waals surface area contributed by atoms with E-state index in [1.54, 1.807) is 12.3 Å². The normalized spacial score (nSPS) is 10.5. The first-order valence-electron chi connectivity index (χ1n) is 8.03. The second-order valence-electron chi connectivity index (χ2n) is 5.54. The number of nitrogens with one attached hydrogen (secondary N) is 2. The highest BCUT2D eigenvalue weighted by Gasteiger charge is 2.04. The summed E-state index contributed by atoms with van der Waals surface area (Å²) < 4.78 is 26.2. The van der Waals surface area contributed by atoms with Gasteiger partial charge in [0, 0.05) is 24.5 Å². The molecule has 25 heavy (non-hydrogen) atoms. The summed E-state index contributed by atoms with van der Waals surface area (Å²) in [6.45, 7) is 0.740. The van der Waals surface area contributed by atoms with Crippen LogP contribution in [0.25, 0.3) is 0 Å². The van der Waals surface area contributed by atoms with Crippen molar-refractivity contribution >= 4 is 17.5 Å². The van der Waals surface area contributed by atoms with Crippen LogP contribution >= 0.6 is 0 Å². The first-order valence-corrected chi connectivity index (χ1v) is 8.03. The molecular weight excluding hydrogens is 322 g/mol. The van der Waals surface area contributed by atoms with E-state index < -0.39 is 11.6 Å². The van der Waals surface area contributed by atoms with Crippen LogP contribution in [0.2, 0.25) is 0 Å². The Kier molecular flexibility index (Phi) is 5.51. The average molecular weight is 340 g/mol. The summed E-state index contributed by atoms with van der Waals surface area (Å²) in [5, 5.41) is 6.10. The molecule has 0 amide bonds. The molecule has 3 rings (SSSR count). The zero-order valence-electron chi connectivity index (χ0n) is 13.5. The number of halogens is 2. The van der Waals surface area contributed by atoms with E-state index in [0.29, 0.717) is 17.5 Å². The number of rotatable bonds is 7. The van der Waals surface area contributed by atoms with Crippen molar-refractivity contribution < 1.29 is 8.78 Å². The minimum absolute atomic E-state index is 0.424. The zero-order valence-corrected chi connectivity index (χ0v) is 13.5. The van der Waals surface area contributed by atoms with Gasteiger partial charge in [-0.1, -0.05) is 30.3 Å². The zero-order chi connectivity index (χ0) is 17.5. The van der Waals surface area contributed by atoms with E-state index in [-0.39, 0.29) is 0 Å². The standard InChI is InChI=1S/C19H18F2N4/c20-16-9-8-15(13-17(16)21)24-18-10-12-23-19(25-18)22-11-4-7-14-5-2-1-3-6-14/h1-3,5-6,8-10,12-13H,4,7,11H2,(H2,22,23,24,25). The molecular formula is C19H18F2N4.